The van der Waals surface area contributed by atoms with E-state index in [1.165, 1.54) is 22.7 Å². The Balaban J connectivity index is 0.00000520. The van der Waals surface area contributed by atoms with Crippen molar-refractivity contribution in [3.05, 3.63) is 68.1 Å². The summed E-state index contributed by atoms with van der Waals surface area (Å²) in [5.41, 5.74) is 7.23. The lowest BCUT2D eigenvalue weighted by atomic mass is 9.97. The number of carbonyl (C=O) groups excluding carboxylic acids is 4. The first-order valence-corrected chi connectivity index (χ1v) is 18.3. The largest absolute Gasteiger partial charge is 0.351 e. The minimum atomic E-state index is -0.874. The Morgan fingerprint density at radius 1 is 0.917 bits per heavy atom. The summed E-state index contributed by atoms with van der Waals surface area (Å²) >= 11 is 2.67. The lowest BCUT2D eigenvalue weighted by Gasteiger charge is -2.32. The van der Waals surface area contributed by atoms with Crippen molar-refractivity contribution in [2.75, 3.05) is 19.6 Å². The van der Waals surface area contributed by atoms with Crippen molar-refractivity contribution in [2.24, 2.45) is 11.7 Å². The zero-order valence-corrected chi connectivity index (χ0v) is 30.0. The smallest absolute Gasteiger partial charge is 0.271 e. The molecule has 1 fully saturated rings. The number of nitrogens with one attached hydrogen (secondary N) is 3. The summed E-state index contributed by atoms with van der Waals surface area (Å²) in [7, 11) is 0. The van der Waals surface area contributed by atoms with Crippen molar-refractivity contribution in [3.63, 3.8) is 0 Å². The molecule has 4 amide bonds. The highest BCUT2D eigenvalue weighted by molar-refractivity contribution is 7.10. The highest BCUT2D eigenvalue weighted by Gasteiger charge is 2.39. The molecule has 1 aromatic carbocycles. The third-order valence-corrected chi connectivity index (χ3v) is 10.6. The molecule has 0 spiro atoms. The molecule has 5 rings (SSSR count). The zero-order chi connectivity index (χ0) is 33.4. The molecule has 0 saturated heterocycles. The van der Waals surface area contributed by atoms with Gasteiger partial charge in [0.2, 0.25) is 11.8 Å². The normalized spacial score (nSPS) is 21.0. The molecular weight excluding hydrogens is 670 g/mol. The van der Waals surface area contributed by atoms with E-state index in [4.69, 9.17) is 5.73 Å². The molecule has 2 atom stereocenters. The molecule has 3 heterocycles. The van der Waals surface area contributed by atoms with Crippen LogP contribution in [0.4, 0.5) is 0 Å². The number of rotatable bonds is 5. The standard InChI is InChI=1S/C34H45N7O4S2.ClH/c1-22(2)18-24-31-40-27(21-47-31)30(44)38-25(19-23-10-4-3-5-11-23)32-39-26(20-46-32)29(43)36-15-9-17-41(16-8-12-28(42)37-24)33(45)34(35)13-6-7-14-34;/h3-5,10-11,20-22,24-25H,6-9,12-19,35H2,1-2H3,(H,36,43)(H,37,42)(H,38,44);1H/t24-,25-;/m0./s1. The first kappa shape index (κ1) is 37.4. The average molecular weight is 716 g/mol. The number of hydrogen-bond donors (Lipinski definition) is 4. The van der Waals surface area contributed by atoms with Crippen LogP contribution >= 0.6 is 35.1 Å². The Labute approximate surface area is 296 Å². The molecule has 5 N–H and O–H groups in total. The van der Waals surface area contributed by atoms with Gasteiger partial charge in [0, 0.05) is 36.8 Å². The van der Waals surface area contributed by atoms with Gasteiger partial charge in [-0.15, -0.1) is 35.1 Å². The number of nitrogens with two attached hydrogens (primary N) is 1. The number of fused-ring (bicyclic) bond motifs is 4. The quantitative estimate of drug-likeness (QED) is 0.291. The van der Waals surface area contributed by atoms with Crippen LogP contribution in [-0.2, 0) is 16.0 Å². The van der Waals surface area contributed by atoms with Crippen molar-refractivity contribution in [1.29, 1.82) is 0 Å². The summed E-state index contributed by atoms with van der Waals surface area (Å²) < 4.78 is 0. The van der Waals surface area contributed by atoms with Crippen LogP contribution in [-0.4, -0.2) is 63.7 Å². The predicted molar refractivity (Wildman–Crippen MR) is 190 cm³/mol. The second kappa shape index (κ2) is 17.3. The van der Waals surface area contributed by atoms with Crippen LogP contribution in [0.5, 0.6) is 0 Å². The van der Waals surface area contributed by atoms with Crippen LogP contribution in [0.25, 0.3) is 0 Å². The van der Waals surface area contributed by atoms with Gasteiger partial charge in [-0.05, 0) is 50.0 Å². The maximum Gasteiger partial charge on any atom is 0.271 e. The number of halogens is 1. The van der Waals surface area contributed by atoms with Crippen LogP contribution in [0, 0.1) is 5.92 Å². The van der Waals surface area contributed by atoms with E-state index in [0.29, 0.717) is 68.2 Å². The molecule has 0 radical (unpaired) electrons. The molecule has 260 valence electrons. The molecule has 4 bridgehead atoms. The van der Waals surface area contributed by atoms with Gasteiger partial charge in [-0.3, -0.25) is 19.2 Å². The first-order valence-electron chi connectivity index (χ1n) is 16.5. The van der Waals surface area contributed by atoms with Gasteiger partial charge in [0.05, 0.1) is 17.6 Å². The predicted octanol–water partition coefficient (Wildman–Crippen LogP) is 4.95. The third kappa shape index (κ3) is 9.83. The Morgan fingerprint density at radius 2 is 1.54 bits per heavy atom. The van der Waals surface area contributed by atoms with Crippen LogP contribution in [0.2, 0.25) is 0 Å². The summed E-state index contributed by atoms with van der Waals surface area (Å²) in [5, 5.41) is 13.8. The van der Waals surface area contributed by atoms with E-state index in [1.807, 2.05) is 30.3 Å². The topological polar surface area (TPSA) is 159 Å². The van der Waals surface area contributed by atoms with E-state index in [2.05, 4.69) is 39.8 Å². The van der Waals surface area contributed by atoms with Gasteiger partial charge in [-0.1, -0.05) is 57.0 Å². The maximum absolute atomic E-state index is 13.6. The van der Waals surface area contributed by atoms with Crippen LogP contribution in [0.3, 0.4) is 0 Å². The third-order valence-electron chi connectivity index (χ3n) is 8.67. The van der Waals surface area contributed by atoms with Gasteiger partial charge in [0.15, 0.2) is 0 Å². The fourth-order valence-corrected chi connectivity index (χ4v) is 7.90. The lowest BCUT2D eigenvalue weighted by molar-refractivity contribution is -0.137. The number of thiazole rings is 2. The number of nitrogens with zero attached hydrogens (tertiary/aromatic N) is 3. The summed E-state index contributed by atoms with van der Waals surface area (Å²) in [6.45, 7) is 5.33. The van der Waals surface area contributed by atoms with Crippen molar-refractivity contribution < 1.29 is 19.2 Å². The number of hydrogen-bond acceptors (Lipinski definition) is 9. The number of aromatic nitrogens is 2. The monoisotopic (exact) mass is 715 g/mol. The molecule has 2 aromatic heterocycles. The molecule has 1 saturated carbocycles. The molecule has 0 unspecified atom stereocenters. The van der Waals surface area contributed by atoms with Gasteiger partial charge in [0.1, 0.15) is 21.4 Å². The van der Waals surface area contributed by atoms with E-state index in [0.717, 1.165) is 18.4 Å². The van der Waals surface area contributed by atoms with E-state index in [-0.39, 0.29) is 65.8 Å². The summed E-state index contributed by atoms with van der Waals surface area (Å²) in [4.78, 5) is 64.4. The van der Waals surface area contributed by atoms with Gasteiger partial charge in [-0.2, -0.15) is 0 Å². The Hall–Kier alpha value is -3.39. The molecular formula is C34H46ClN7O4S2. The van der Waals surface area contributed by atoms with Gasteiger partial charge in [-0.25, -0.2) is 9.97 Å². The molecule has 48 heavy (non-hydrogen) atoms. The Bertz CT molecular complexity index is 1540. The summed E-state index contributed by atoms with van der Waals surface area (Å²) in [5.74, 6) is -0.599. The molecule has 2 aliphatic rings. The van der Waals surface area contributed by atoms with Crippen LogP contribution in [0.15, 0.2) is 41.1 Å². The summed E-state index contributed by atoms with van der Waals surface area (Å²) in [6.07, 6.45) is 5.55. The van der Waals surface area contributed by atoms with E-state index < -0.39 is 11.6 Å². The number of amides is 4. The maximum atomic E-state index is 13.6. The van der Waals surface area contributed by atoms with Crippen LogP contribution in [0.1, 0.15) is 114 Å². The van der Waals surface area contributed by atoms with Gasteiger partial charge < -0.3 is 26.6 Å². The van der Waals surface area contributed by atoms with Crippen molar-refractivity contribution in [2.45, 2.75) is 89.3 Å². The Kier molecular flexibility index (Phi) is 13.5. The molecule has 14 heteroatoms. The Morgan fingerprint density at radius 3 is 2.21 bits per heavy atom. The van der Waals surface area contributed by atoms with E-state index >= 15 is 0 Å². The second-order valence-electron chi connectivity index (χ2n) is 13.0. The fraction of sp³-hybridized carbons (Fsp3) is 0.529. The van der Waals surface area contributed by atoms with Crippen molar-refractivity contribution in [1.82, 2.24) is 30.8 Å². The first-order chi connectivity index (χ1) is 22.6. The van der Waals surface area contributed by atoms with E-state index in [9.17, 15) is 19.2 Å². The highest BCUT2D eigenvalue weighted by Crippen LogP contribution is 2.30. The van der Waals surface area contributed by atoms with Crippen molar-refractivity contribution >= 4 is 58.7 Å². The molecule has 3 aromatic rings. The van der Waals surface area contributed by atoms with Gasteiger partial charge in [0.25, 0.3) is 11.8 Å². The van der Waals surface area contributed by atoms with Gasteiger partial charge >= 0.3 is 0 Å². The second-order valence-corrected chi connectivity index (χ2v) is 14.8. The van der Waals surface area contributed by atoms with Crippen molar-refractivity contribution in [3.8, 4) is 0 Å². The molecule has 1 aliphatic heterocycles. The molecule has 1 aliphatic carbocycles. The average Bonchev–Trinajstić information content (AvgIpc) is 3.83. The SMILES string of the molecule is CC(C)C[C@@H]1NC(=O)CCCN(C(=O)C2(N)CCCC2)CCCNC(=O)c2csc(n2)[C@H](Cc2ccccc2)NC(=O)c2csc1n2.Cl. The van der Waals surface area contributed by atoms with Crippen LogP contribution < -0.4 is 21.7 Å². The van der Waals surface area contributed by atoms with E-state index in [1.54, 1.807) is 15.7 Å². The minimum absolute atomic E-state index is 0. The fourth-order valence-electron chi connectivity index (χ4n) is 6.19. The number of benzene rings is 1. The summed E-state index contributed by atoms with van der Waals surface area (Å²) in [6, 6.07) is 8.97. The number of carbonyl (C=O) groups is 4. The zero-order valence-electron chi connectivity index (χ0n) is 27.5. The minimum Gasteiger partial charge on any atom is -0.351 e. The molecule has 11 nitrogen and oxygen atoms in total. The lowest BCUT2D eigenvalue weighted by Crippen LogP contribution is -2.54. The highest BCUT2D eigenvalue weighted by atomic mass is 35.5.